The summed E-state index contributed by atoms with van der Waals surface area (Å²) in [5.74, 6) is 0. The first-order chi connectivity index (χ1) is 4.31. The smallest absolute Gasteiger partial charge is 0.104 e. The standard InChI is InChI=1S/C6H13NOS/c1-3-6(8)9-5-7-4-2/h5-6,8H,3-4H2,1-2H3/b7-5-. The quantitative estimate of drug-likeness (QED) is 0.371. The van der Waals surface area contributed by atoms with Crippen molar-refractivity contribution >= 4 is 17.3 Å². The fraction of sp³-hybridized carbons (Fsp3) is 0.833. The molecular weight excluding hydrogens is 134 g/mol. The van der Waals surface area contributed by atoms with E-state index in [1.807, 2.05) is 13.8 Å². The molecule has 1 N–H and O–H groups in total. The summed E-state index contributed by atoms with van der Waals surface area (Å²) in [7, 11) is 0. The summed E-state index contributed by atoms with van der Waals surface area (Å²) >= 11 is 1.36. The summed E-state index contributed by atoms with van der Waals surface area (Å²) in [5.41, 5.74) is 1.43. The maximum atomic E-state index is 8.96. The second-order valence-corrected chi connectivity index (χ2v) is 2.63. The molecule has 0 saturated carbocycles. The Hall–Kier alpha value is -0.0200. The number of aliphatic hydroxyl groups excluding tert-OH is 1. The fourth-order valence-corrected chi connectivity index (χ4v) is 0.852. The Morgan fingerprint density at radius 3 is 2.78 bits per heavy atom. The van der Waals surface area contributed by atoms with E-state index in [0.717, 1.165) is 13.0 Å². The zero-order chi connectivity index (χ0) is 7.11. The Bertz CT molecular complexity index is 85.1. The van der Waals surface area contributed by atoms with Crippen molar-refractivity contribution < 1.29 is 5.11 Å². The van der Waals surface area contributed by atoms with Gasteiger partial charge in [-0.05, 0) is 13.3 Å². The van der Waals surface area contributed by atoms with Crippen LogP contribution in [0.4, 0.5) is 0 Å². The van der Waals surface area contributed by atoms with Gasteiger partial charge in [0.05, 0.1) is 5.55 Å². The van der Waals surface area contributed by atoms with Crippen molar-refractivity contribution in [2.24, 2.45) is 4.99 Å². The number of aliphatic hydroxyl groups is 1. The van der Waals surface area contributed by atoms with Crippen LogP contribution in [0.5, 0.6) is 0 Å². The lowest BCUT2D eigenvalue weighted by atomic mass is 10.5. The maximum Gasteiger partial charge on any atom is 0.104 e. The molecule has 0 radical (unpaired) electrons. The van der Waals surface area contributed by atoms with Crippen LogP contribution in [0, 0.1) is 0 Å². The highest BCUT2D eigenvalue weighted by molar-refractivity contribution is 8.12. The molecule has 54 valence electrons. The molecule has 0 amide bonds. The van der Waals surface area contributed by atoms with E-state index in [4.69, 9.17) is 5.11 Å². The summed E-state index contributed by atoms with van der Waals surface area (Å²) in [6.07, 6.45) is 0.778. The highest BCUT2D eigenvalue weighted by Crippen LogP contribution is 2.06. The van der Waals surface area contributed by atoms with E-state index in [9.17, 15) is 0 Å². The zero-order valence-corrected chi connectivity index (χ0v) is 6.69. The Kier molecular flexibility index (Phi) is 6.09. The lowest BCUT2D eigenvalue weighted by molar-refractivity contribution is 0.261. The van der Waals surface area contributed by atoms with Gasteiger partial charge in [0, 0.05) is 6.54 Å². The molecule has 0 aliphatic rings. The zero-order valence-electron chi connectivity index (χ0n) is 5.87. The highest BCUT2D eigenvalue weighted by atomic mass is 32.2. The van der Waals surface area contributed by atoms with Gasteiger partial charge in [0.15, 0.2) is 0 Å². The molecule has 0 aromatic rings. The van der Waals surface area contributed by atoms with Crippen LogP contribution in [-0.4, -0.2) is 22.6 Å². The maximum absolute atomic E-state index is 8.96. The molecule has 0 saturated heterocycles. The third-order valence-corrected chi connectivity index (χ3v) is 1.74. The molecule has 1 atom stereocenters. The van der Waals surface area contributed by atoms with E-state index in [2.05, 4.69) is 4.99 Å². The van der Waals surface area contributed by atoms with Crippen molar-refractivity contribution in [1.82, 2.24) is 0 Å². The van der Waals surface area contributed by atoms with Gasteiger partial charge in [0.2, 0.25) is 0 Å². The minimum absolute atomic E-state index is 0.278. The lowest BCUT2D eigenvalue weighted by Gasteiger charge is -1.99. The van der Waals surface area contributed by atoms with Gasteiger partial charge in [-0.2, -0.15) is 0 Å². The Balaban J connectivity index is 3.15. The second kappa shape index (κ2) is 6.11. The number of thioether (sulfide) groups is 1. The monoisotopic (exact) mass is 147 g/mol. The minimum atomic E-state index is -0.278. The van der Waals surface area contributed by atoms with E-state index in [1.54, 1.807) is 5.55 Å². The van der Waals surface area contributed by atoms with Crippen molar-refractivity contribution in [3.8, 4) is 0 Å². The number of hydrogen-bond donors (Lipinski definition) is 1. The number of hydrogen-bond acceptors (Lipinski definition) is 3. The van der Waals surface area contributed by atoms with Crippen LogP contribution < -0.4 is 0 Å². The van der Waals surface area contributed by atoms with Gasteiger partial charge < -0.3 is 5.11 Å². The van der Waals surface area contributed by atoms with Crippen LogP contribution in [0.3, 0.4) is 0 Å². The van der Waals surface area contributed by atoms with Crippen LogP contribution >= 0.6 is 11.8 Å². The normalized spacial score (nSPS) is 14.6. The highest BCUT2D eigenvalue weighted by Gasteiger charge is 1.95. The SMILES string of the molecule is CC/N=C\SC(O)CC. The summed E-state index contributed by atoms with van der Waals surface area (Å²) in [4.78, 5) is 3.94. The molecule has 2 nitrogen and oxygen atoms in total. The van der Waals surface area contributed by atoms with Gasteiger partial charge in [-0.25, -0.2) is 0 Å². The van der Waals surface area contributed by atoms with Gasteiger partial charge >= 0.3 is 0 Å². The van der Waals surface area contributed by atoms with E-state index < -0.39 is 0 Å². The molecule has 0 spiro atoms. The van der Waals surface area contributed by atoms with Crippen LogP contribution in [-0.2, 0) is 0 Å². The van der Waals surface area contributed by atoms with E-state index in [1.165, 1.54) is 11.8 Å². The van der Waals surface area contributed by atoms with E-state index >= 15 is 0 Å². The van der Waals surface area contributed by atoms with E-state index in [0.29, 0.717) is 0 Å². The predicted octanol–water partition coefficient (Wildman–Crippen LogP) is 1.50. The first-order valence-corrected chi connectivity index (χ1v) is 4.07. The van der Waals surface area contributed by atoms with Crippen LogP contribution in [0.1, 0.15) is 20.3 Å². The molecule has 0 bridgehead atoms. The first kappa shape index (κ1) is 8.98. The van der Waals surface area contributed by atoms with E-state index in [-0.39, 0.29) is 5.44 Å². The van der Waals surface area contributed by atoms with Gasteiger partial charge in [-0.3, -0.25) is 4.99 Å². The number of rotatable bonds is 4. The molecule has 0 aliphatic heterocycles. The molecule has 1 unspecified atom stereocenters. The summed E-state index contributed by atoms with van der Waals surface area (Å²) in [5, 5.41) is 8.96. The molecule has 0 rings (SSSR count). The molecule has 0 aliphatic carbocycles. The third kappa shape index (κ3) is 5.86. The van der Waals surface area contributed by atoms with Crippen molar-refractivity contribution in [2.75, 3.05) is 6.54 Å². The molecule has 0 heterocycles. The fourth-order valence-electron chi connectivity index (χ4n) is 0.284. The van der Waals surface area contributed by atoms with Crippen molar-refractivity contribution in [1.29, 1.82) is 0 Å². The Morgan fingerprint density at radius 2 is 2.33 bits per heavy atom. The van der Waals surface area contributed by atoms with Crippen LogP contribution in [0.25, 0.3) is 0 Å². The summed E-state index contributed by atoms with van der Waals surface area (Å²) in [6.45, 7) is 4.70. The summed E-state index contributed by atoms with van der Waals surface area (Å²) < 4.78 is 0. The molecule has 3 heteroatoms. The topological polar surface area (TPSA) is 32.6 Å². The minimum Gasteiger partial charge on any atom is -0.382 e. The Morgan fingerprint density at radius 1 is 1.67 bits per heavy atom. The molecule has 0 aromatic heterocycles. The van der Waals surface area contributed by atoms with Crippen molar-refractivity contribution in [3.05, 3.63) is 0 Å². The summed E-state index contributed by atoms with van der Waals surface area (Å²) in [6, 6.07) is 0. The third-order valence-electron chi connectivity index (χ3n) is 0.824. The largest absolute Gasteiger partial charge is 0.382 e. The first-order valence-electron chi connectivity index (χ1n) is 3.13. The van der Waals surface area contributed by atoms with Crippen molar-refractivity contribution in [2.45, 2.75) is 25.7 Å². The van der Waals surface area contributed by atoms with Crippen LogP contribution in [0.15, 0.2) is 4.99 Å². The van der Waals surface area contributed by atoms with Gasteiger partial charge in [-0.1, -0.05) is 18.7 Å². The lowest BCUT2D eigenvalue weighted by Crippen LogP contribution is -1.96. The number of nitrogens with zero attached hydrogens (tertiary/aromatic N) is 1. The van der Waals surface area contributed by atoms with Gasteiger partial charge in [0.1, 0.15) is 5.44 Å². The number of aliphatic imine (C=N–C) groups is 1. The van der Waals surface area contributed by atoms with Crippen LogP contribution in [0.2, 0.25) is 0 Å². The average Bonchev–Trinajstić information content (AvgIpc) is 1.89. The average molecular weight is 147 g/mol. The van der Waals surface area contributed by atoms with Crippen molar-refractivity contribution in [3.63, 3.8) is 0 Å². The molecule has 0 fully saturated rings. The van der Waals surface area contributed by atoms with Gasteiger partial charge in [-0.15, -0.1) is 0 Å². The Labute approximate surface area is 60.4 Å². The molecule has 9 heavy (non-hydrogen) atoms. The predicted molar refractivity (Wildman–Crippen MR) is 42.9 cm³/mol. The molecular formula is C6H13NOS. The van der Waals surface area contributed by atoms with Gasteiger partial charge in [0.25, 0.3) is 0 Å². The second-order valence-electron chi connectivity index (χ2n) is 1.60. The molecule has 0 aromatic carbocycles.